The number of H-pyrrole nitrogens is 1. The van der Waals surface area contributed by atoms with Gasteiger partial charge in [-0.05, 0) is 32.5 Å². The topological polar surface area (TPSA) is 44.0 Å². The van der Waals surface area contributed by atoms with Crippen LogP contribution in [-0.4, -0.2) is 41.0 Å². The van der Waals surface area contributed by atoms with Gasteiger partial charge in [0.1, 0.15) is 16.3 Å². The minimum Gasteiger partial charge on any atom is -0.371 e. The van der Waals surface area contributed by atoms with Crippen molar-refractivity contribution in [1.82, 2.24) is 14.9 Å². The van der Waals surface area contributed by atoms with Crippen molar-refractivity contribution in [2.45, 2.75) is 40.0 Å². The Labute approximate surface area is 121 Å². The van der Waals surface area contributed by atoms with Crippen molar-refractivity contribution in [3.63, 3.8) is 0 Å². The summed E-state index contributed by atoms with van der Waals surface area (Å²) in [5, 5.41) is 3.40. The molecule has 0 aliphatic heterocycles. The third-order valence-electron chi connectivity index (χ3n) is 3.14. The van der Waals surface area contributed by atoms with Crippen LogP contribution in [0.3, 0.4) is 0 Å². The SMILES string of the molecule is CCCc1nc(=S)cc(NCCCN(CC)CC)[nH]1. The van der Waals surface area contributed by atoms with Crippen molar-refractivity contribution >= 4 is 18.0 Å². The molecule has 19 heavy (non-hydrogen) atoms. The standard InChI is InChI=1S/C14H26N4S/c1-4-8-12-16-13(11-14(19)17-12)15-9-7-10-18(5-2)6-3/h11H,4-10H2,1-3H3,(H2,15,16,17,19). The molecule has 0 spiro atoms. The highest BCUT2D eigenvalue weighted by Crippen LogP contribution is 2.05. The molecule has 0 unspecified atom stereocenters. The van der Waals surface area contributed by atoms with E-state index in [0.29, 0.717) is 4.64 Å². The summed E-state index contributed by atoms with van der Waals surface area (Å²) in [6.07, 6.45) is 3.15. The zero-order valence-corrected chi connectivity index (χ0v) is 13.1. The summed E-state index contributed by atoms with van der Waals surface area (Å²) in [5.41, 5.74) is 0. The average molecular weight is 282 g/mol. The van der Waals surface area contributed by atoms with Crippen molar-refractivity contribution in [3.8, 4) is 0 Å². The fraction of sp³-hybridized carbons (Fsp3) is 0.714. The number of hydrogen-bond donors (Lipinski definition) is 2. The number of nitrogens with zero attached hydrogens (tertiary/aromatic N) is 2. The number of aromatic amines is 1. The summed E-state index contributed by atoms with van der Waals surface area (Å²) >= 11 is 5.18. The van der Waals surface area contributed by atoms with E-state index < -0.39 is 0 Å². The quantitative estimate of drug-likeness (QED) is 0.539. The zero-order valence-electron chi connectivity index (χ0n) is 12.3. The fourth-order valence-electron chi connectivity index (χ4n) is 2.02. The van der Waals surface area contributed by atoms with E-state index in [1.54, 1.807) is 0 Å². The van der Waals surface area contributed by atoms with Crippen LogP contribution in [0.5, 0.6) is 0 Å². The number of hydrogen-bond acceptors (Lipinski definition) is 4. The van der Waals surface area contributed by atoms with Gasteiger partial charge in [0, 0.05) is 19.0 Å². The first-order valence-corrected chi connectivity index (χ1v) is 7.66. The first kappa shape index (κ1) is 16.1. The molecule has 0 bridgehead atoms. The Kier molecular flexibility index (Phi) is 7.67. The van der Waals surface area contributed by atoms with Crippen molar-refractivity contribution in [2.75, 3.05) is 31.5 Å². The molecule has 1 rings (SSSR count). The van der Waals surface area contributed by atoms with Crippen LogP contribution in [0.1, 0.15) is 39.4 Å². The maximum absolute atomic E-state index is 5.18. The lowest BCUT2D eigenvalue weighted by molar-refractivity contribution is 0.303. The zero-order chi connectivity index (χ0) is 14.1. The number of rotatable bonds is 9. The maximum Gasteiger partial charge on any atom is 0.131 e. The predicted molar refractivity (Wildman–Crippen MR) is 84.3 cm³/mol. The van der Waals surface area contributed by atoms with Crippen molar-refractivity contribution < 1.29 is 0 Å². The van der Waals surface area contributed by atoms with Crippen molar-refractivity contribution in [1.29, 1.82) is 0 Å². The molecule has 0 amide bonds. The van der Waals surface area contributed by atoms with E-state index in [9.17, 15) is 0 Å². The molecule has 2 N–H and O–H groups in total. The monoisotopic (exact) mass is 282 g/mol. The highest BCUT2D eigenvalue weighted by atomic mass is 32.1. The van der Waals surface area contributed by atoms with Gasteiger partial charge in [0.2, 0.25) is 0 Å². The minimum atomic E-state index is 0.661. The molecular weight excluding hydrogens is 256 g/mol. The number of aryl methyl sites for hydroxylation is 1. The summed E-state index contributed by atoms with van der Waals surface area (Å²) in [4.78, 5) is 10.0. The Morgan fingerprint density at radius 1 is 1.32 bits per heavy atom. The highest BCUT2D eigenvalue weighted by molar-refractivity contribution is 7.71. The number of aromatic nitrogens is 2. The average Bonchev–Trinajstić information content (AvgIpc) is 2.39. The van der Waals surface area contributed by atoms with Gasteiger partial charge in [-0.3, -0.25) is 0 Å². The minimum absolute atomic E-state index is 0.661. The Morgan fingerprint density at radius 3 is 2.68 bits per heavy atom. The molecule has 5 heteroatoms. The molecule has 1 aromatic heterocycles. The molecule has 108 valence electrons. The lowest BCUT2D eigenvalue weighted by Crippen LogP contribution is -2.25. The Morgan fingerprint density at radius 2 is 2.05 bits per heavy atom. The van der Waals surface area contributed by atoms with E-state index in [2.05, 4.69) is 41.0 Å². The van der Waals surface area contributed by atoms with Crippen LogP contribution in [0.25, 0.3) is 0 Å². The van der Waals surface area contributed by atoms with Crippen molar-refractivity contribution in [3.05, 3.63) is 16.5 Å². The van der Waals surface area contributed by atoms with Crippen LogP contribution in [0.2, 0.25) is 0 Å². The van der Waals surface area contributed by atoms with Gasteiger partial charge in [-0.25, -0.2) is 4.98 Å². The largest absolute Gasteiger partial charge is 0.371 e. The molecule has 0 fully saturated rings. The first-order valence-electron chi connectivity index (χ1n) is 7.26. The van der Waals surface area contributed by atoms with E-state index in [-0.39, 0.29) is 0 Å². The van der Waals surface area contributed by atoms with Crippen molar-refractivity contribution in [2.24, 2.45) is 0 Å². The lowest BCUT2D eigenvalue weighted by Gasteiger charge is -2.18. The second-order valence-electron chi connectivity index (χ2n) is 4.64. The van der Waals surface area contributed by atoms with Crippen LogP contribution in [0, 0.1) is 4.64 Å². The first-order chi connectivity index (χ1) is 9.19. The number of nitrogens with one attached hydrogen (secondary N) is 2. The molecular formula is C14H26N4S. The van der Waals surface area contributed by atoms with E-state index >= 15 is 0 Å². The van der Waals surface area contributed by atoms with Crippen LogP contribution in [0.4, 0.5) is 5.82 Å². The molecule has 1 heterocycles. The smallest absolute Gasteiger partial charge is 0.131 e. The van der Waals surface area contributed by atoms with Crippen LogP contribution in [0.15, 0.2) is 6.07 Å². The summed E-state index contributed by atoms with van der Waals surface area (Å²) in [7, 11) is 0. The van der Waals surface area contributed by atoms with Crippen LogP contribution >= 0.6 is 12.2 Å². The molecule has 0 saturated heterocycles. The third kappa shape index (κ3) is 6.16. The second kappa shape index (κ2) is 9.04. The maximum atomic E-state index is 5.18. The Balaban J connectivity index is 2.42. The molecule has 0 saturated carbocycles. The van der Waals surface area contributed by atoms with Gasteiger partial charge in [0.05, 0.1) is 0 Å². The van der Waals surface area contributed by atoms with E-state index in [4.69, 9.17) is 12.2 Å². The predicted octanol–water partition coefficient (Wildman–Crippen LogP) is 3.24. The fourth-order valence-corrected chi connectivity index (χ4v) is 2.25. The third-order valence-corrected chi connectivity index (χ3v) is 3.35. The Bertz CT molecular complexity index is 412. The van der Waals surface area contributed by atoms with Crippen LogP contribution < -0.4 is 5.32 Å². The van der Waals surface area contributed by atoms with Gasteiger partial charge in [0.25, 0.3) is 0 Å². The van der Waals surface area contributed by atoms with E-state index in [1.165, 1.54) is 0 Å². The molecule has 1 aromatic rings. The second-order valence-corrected chi connectivity index (χ2v) is 5.06. The summed E-state index contributed by atoms with van der Waals surface area (Å²) in [5.74, 6) is 1.96. The summed E-state index contributed by atoms with van der Waals surface area (Å²) < 4.78 is 0.661. The van der Waals surface area contributed by atoms with Gasteiger partial charge in [-0.15, -0.1) is 0 Å². The van der Waals surface area contributed by atoms with Gasteiger partial charge >= 0.3 is 0 Å². The van der Waals surface area contributed by atoms with Gasteiger partial charge < -0.3 is 15.2 Å². The van der Waals surface area contributed by atoms with E-state index in [0.717, 1.165) is 57.1 Å². The Hall–Kier alpha value is -0.940. The number of anilines is 1. The molecule has 4 nitrogen and oxygen atoms in total. The van der Waals surface area contributed by atoms with E-state index in [1.807, 2.05) is 6.07 Å². The normalized spacial score (nSPS) is 10.9. The molecule has 0 aliphatic carbocycles. The lowest BCUT2D eigenvalue weighted by atomic mass is 10.3. The van der Waals surface area contributed by atoms with Gasteiger partial charge in [-0.1, -0.05) is 33.0 Å². The summed E-state index contributed by atoms with van der Waals surface area (Å²) in [6, 6.07) is 1.89. The molecule has 0 atom stereocenters. The van der Waals surface area contributed by atoms with Gasteiger partial charge in [0.15, 0.2) is 0 Å². The highest BCUT2D eigenvalue weighted by Gasteiger charge is 2.00. The van der Waals surface area contributed by atoms with Gasteiger partial charge in [-0.2, -0.15) is 0 Å². The molecule has 0 aliphatic rings. The summed E-state index contributed by atoms with van der Waals surface area (Å²) in [6.45, 7) is 10.9. The molecule has 0 radical (unpaired) electrons. The van der Waals surface area contributed by atoms with Crippen LogP contribution in [-0.2, 0) is 6.42 Å². The molecule has 0 aromatic carbocycles.